The minimum atomic E-state index is -2.18. The number of halogens is 1. The Kier molecular flexibility index (Phi) is 4.82. The van der Waals surface area contributed by atoms with E-state index in [9.17, 15) is 9.90 Å². The first-order chi connectivity index (χ1) is 8.56. The number of hydrogen-bond donors (Lipinski definition) is 1. The van der Waals surface area contributed by atoms with E-state index in [0.717, 1.165) is 0 Å². The maximum absolute atomic E-state index is 11.5. The van der Waals surface area contributed by atoms with Crippen LogP contribution in [0.2, 0.25) is 23.2 Å². The molecule has 0 fully saturated rings. The average Bonchev–Trinajstić information content (AvgIpc) is 2.25. The molecule has 1 aromatic carbocycles. The molecular formula is C14H21ClO3Si. The van der Waals surface area contributed by atoms with E-state index < -0.39 is 20.4 Å². The van der Waals surface area contributed by atoms with Gasteiger partial charge in [0.2, 0.25) is 0 Å². The maximum Gasteiger partial charge on any atom is 0.336 e. The first-order valence-corrected chi connectivity index (χ1v) is 9.50. The molecule has 0 aliphatic carbocycles. The molecule has 1 N–H and O–H groups in total. The third-order valence-electron chi connectivity index (χ3n) is 3.63. The van der Waals surface area contributed by atoms with E-state index in [0.29, 0.717) is 10.6 Å². The van der Waals surface area contributed by atoms with Crippen LogP contribution in [0.15, 0.2) is 24.3 Å². The van der Waals surface area contributed by atoms with Crippen LogP contribution in [-0.2, 0) is 9.22 Å². The lowest BCUT2D eigenvalue weighted by Crippen LogP contribution is -2.43. The van der Waals surface area contributed by atoms with Crippen molar-refractivity contribution in [1.29, 1.82) is 0 Å². The van der Waals surface area contributed by atoms with Crippen molar-refractivity contribution in [2.75, 3.05) is 0 Å². The summed E-state index contributed by atoms with van der Waals surface area (Å²) >= 11 is 6.08. The smallest absolute Gasteiger partial charge is 0.336 e. The molecule has 106 valence electrons. The summed E-state index contributed by atoms with van der Waals surface area (Å²) in [5.74, 6) is -1.00. The highest BCUT2D eigenvalue weighted by Crippen LogP contribution is 2.40. The van der Waals surface area contributed by atoms with Crippen molar-refractivity contribution in [2.24, 2.45) is 0 Å². The van der Waals surface area contributed by atoms with Crippen molar-refractivity contribution in [1.82, 2.24) is 0 Å². The average molecular weight is 301 g/mol. The van der Waals surface area contributed by atoms with Crippen molar-refractivity contribution in [3.05, 3.63) is 34.9 Å². The van der Waals surface area contributed by atoms with Gasteiger partial charge in [0, 0.05) is 10.6 Å². The molecule has 1 rings (SSSR count). The van der Waals surface area contributed by atoms with Crippen LogP contribution in [0.1, 0.15) is 32.4 Å². The summed E-state index contributed by atoms with van der Waals surface area (Å²) in [6, 6.07) is 6.93. The third kappa shape index (κ3) is 3.81. The fourth-order valence-electron chi connectivity index (χ4n) is 1.41. The summed E-state index contributed by atoms with van der Waals surface area (Å²) in [5, 5.41) is 9.79. The molecule has 0 bridgehead atoms. The van der Waals surface area contributed by atoms with E-state index in [-0.39, 0.29) is 5.04 Å². The highest BCUT2D eigenvalue weighted by atomic mass is 35.5. The molecule has 0 amide bonds. The Morgan fingerprint density at radius 2 is 1.84 bits per heavy atom. The van der Waals surface area contributed by atoms with Gasteiger partial charge in [0.25, 0.3) is 0 Å². The normalized spacial score (nSPS) is 14.2. The molecule has 19 heavy (non-hydrogen) atoms. The van der Waals surface area contributed by atoms with E-state index in [2.05, 4.69) is 20.8 Å². The first-order valence-electron chi connectivity index (χ1n) is 6.21. The van der Waals surface area contributed by atoms with E-state index in [4.69, 9.17) is 16.0 Å². The lowest BCUT2D eigenvalue weighted by atomic mass is 10.1. The molecule has 0 saturated carbocycles. The van der Waals surface area contributed by atoms with Gasteiger partial charge in [0.15, 0.2) is 14.4 Å². The van der Waals surface area contributed by atoms with E-state index in [1.807, 2.05) is 13.1 Å². The third-order valence-corrected chi connectivity index (χ3v) is 8.41. The minimum Gasteiger partial charge on any atom is -0.479 e. The largest absolute Gasteiger partial charge is 0.479 e. The van der Waals surface area contributed by atoms with Gasteiger partial charge in [-0.05, 0) is 24.2 Å². The van der Waals surface area contributed by atoms with Gasteiger partial charge in [-0.15, -0.1) is 0 Å². The van der Waals surface area contributed by atoms with Gasteiger partial charge < -0.3 is 9.53 Å². The standard InChI is InChI=1S/C14H21ClO3Si/c1-14(2,3)19(4,5)18-12(13(16)17)10-8-6-7-9-11(10)15/h6-9,12H,1-5H3,(H,16,17)/t12-/m1/s1. The topological polar surface area (TPSA) is 46.5 Å². The zero-order chi connectivity index (χ0) is 14.8. The Morgan fingerprint density at radius 3 is 2.26 bits per heavy atom. The summed E-state index contributed by atoms with van der Waals surface area (Å²) in [6.07, 6.45) is -1.01. The van der Waals surface area contributed by atoms with Gasteiger partial charge in [0.1, 0.15) is 0 Å². The molecule has 0 unspecified atom stereocenters. The van der Waals surface area contributed by atoms with Crippen LogP contribution in [0.5, 0.6) is 0 Å². The number of rotatable bonds is 4. The molecule has 0 spiro atoms. The molecule has 1 atom stereocenters. The van der Waals surface area contributed by atoms with Gasteiger partial charge in [0.05, 0.1) is 0 Å². The Bertz CT molecular complexity index is 466. The first kappa shape index (κ1) is 16.2. The molecule has 0 heterocycles. The van der Waals surface area contributed by atoms with Gasteiger partial charge in [-0.2, -0.15) is 0 Å². The summed E-state index contributed by atoms with van der Waals surface area (Å²) < 4.78 is 5.99. The van der Waals surface area contributed by atoms with Crippen LogP contribution >= 0.6 is 11.6 Å². The van der Waals surface area contributed by atoms with Gasteiger partial charge in [-0.1, -0.05) is 50.6 Å². The zero-order valence-electron chi connectivity index (χ0n) is 12.0. The van der Waals surface area contributed by atoms with Crippen LogP contribution < -0.4 is 0 Å². The fourth-order valence-corrected chi connectivity index (χ4v) is 2.81. The molecule has 0 radical (unpaired) electrons. The lowest BCUT2D eigenvalue weighted by Gasteiger charge is -2.38. The molecule has 0 aromatic heterocycles. The molecular weight excluding hydrogens is 280 g/mol. The van der Waals surface area contributed by atoms with Gasteiger partial charge in [-0.3, -0.25) is 0 Å². The predicted molar refractivity (Wildman–Crippen MR) is 80.1 cm³/mol. The molecule has 0 saturated heterocycles. The Hall–Kier alpha value is -0.843. The zero-order valence-corrected chi connectivity index (χ0v) is 13.8. The molecule has 0 aliphatic heterocycles. The molecule has 3 nitrogen and oxygen atoms in total. The van der Waals surface area contributed by atoms with Crippen LogP contribution in [0, 0.1) is 0 Å². The van der Waals surface area contributed by atoms with E-state index >= 15 is 0 Å². The Morgan fingerprint density at radius 1 is 1.32 bits per heavy atom. The number of hydrogen-bond acceptors (Lipinski definition) is 2. The number of carbonyl (C=O) groups is 1. The van der Waals surface area contributed by atoms with Gasteiger partial charge >= 0.3 is 5.97 Å². The minimum absolute atomic E-state index is 0.0536. The van der Waals surface area contributed by atoms with Crippen LogP contribution in [0.25, 0.3) is 0 Å². The number of carboxylic acid groups (broad SMARTS) is 1. The Labute approximate surface area is 120 Å². The van der Waals surface area contributed by atoms with Crippen molar-refractivity contribution >= 4 is 25.9 Å². The summed E-state index contributed by atoms with van der Waals surface area (Å²) in [4.78, 5) is 11.5. The number of aliphatic carboxylic acids is 1. The van der Waals surface area contributed by atoms with Crippen molar-refractivity contribution in [2.45, 2.75) is 45.0 Å². The second-order valence-electron chi connectivity index (χ2n) is 6.12. The summed E-state index contributed by atoms with van der Waals surface area (Å²) in [6.45, 7) is 10.3. The predicted octanol–water partition coefficient (Wildman–Crippen LogP) is 4.49. The monoisotopic (exact) mass is 300 g/mol. The van der Waals surface area contributed by atoms with Crippen LogP contribution in [-0.4, -0.2) is 19.4 Å². The van der Waals surface area contributed by atoms with Gasteiger partial charge in [-0.25, -0.2) is 4.79 Å². The van der Waals surface area contributed by atoms with Crippen molar-refractivity contribution in [3.8, 4) is 0 Å². The van der Waals surface area contributed by atoms with Crippen LogP contribution in [0.3, 0.4) is 0 Å². The second kappa shape index (κ2) is 5.65. The molecule has 0 aliphatic rings. The maximum atomic E-state index is 11.5. The molecule has 5 heteroatoms. The highest BCUT2D eigenvalue weighted by molar-refractivity contribution is 6.74. The van der Waals surface area contributed by atoms with E-state index in [1.54, 1.807) is 24.3 Å². The molecule has 1 aromatic rings. The van der Waals surface area contributed by atoms with E-state index in [1.165, 1.54) is 0 Å². The van der Waals surface area contributed by atoms with Crippen LogP contribution in [0.4, 0.5) is 0 Å². The quantitative estimate of drug-likeness (QED) is 0.834. The highest BCUT2D eigenvalue weighted by Gasteiger charge is 2.41. The number of benzene rings is 1. The van der Waals surface area contributed by atoms with Crippen molar-refractivity contribution in [3.63, 3.8) is 0 Å². The fraction of sp³-hybridized carbons (Fsp3) is 0.500. The Balaban J connectivity index is 3.12. The number of carboxylic acids is 1. The SMILES string of the molecule is CC(C)(C)[Si](C)(C)O[C@@H](C(=O)O)c1ccccc1Cl. The lowest BCUT2D eigenvalue weighted by molar-refractivity contribution is -0.146. The van der Waals surface area contributed by atoms with Crippen molar-refractivity contribution < 1.29 is 14.3 Å². The summed E-state index contributed by atoms with van der Waals surface area (Å²) in [5.41, 5.74) is 0.515. The second-order valence-corrected chi connectivity index (χ2v) is 11.3. The summed E-state index contributed by atoms with van der Waals surface area (Å²) in [7, 11) is -2.18.